The van der Waals surface area contributed by atoms with E-state index in [2.05, 4.69) is 52.6 Å². The highest BCUT2D eigenvalue weighted by Gasteiger charge is 2.64. The van der Waals surface area contributed by atoms with Gasteiger partial charge in [-0.1, -0.05) is 52.6 Å². The summed E-state index contributed by atoms with van der Waals surface area (Å²) in [6.07, 6.45) is 2.73. The first kappa shape index (κ1) is 9.51. The fourth-order valence-corrected chi connectivity index (χ4v) is 6.19. The van der Waals surface area contributed by atoms with E-state index < -0.39 is 0 Å². The van der Waals surface area contributed by atoms with Crippen molar-refractivity contribution in [3.63, 3.8) is 0 Å². The first-order valence-corrected chi connectivity index (χ1v) is 6.52. The summed E-state index contributed by atoms with van der Waals surface area (Å²) in [5.41, 5.74) is 0.965. The third-order valence-electron chi connectivity index (χ3n) is 4.69. The van der Waals surface area contributed by atoms with Crippen LogP contribution in [-0.4, -0.2) is 9.65 Å². The summed E-state index contributed by atoms with van der Waals surface area (Å²) < 4.78 is 0. The molecule has 2 heteroatoms. The van der Waals surface area contributed by atoms with Crippen molar-refractivity contribution < 1.29 is 0 Å². The molecule has 0 aromatic heterocycles. The largest absolute Gasteiger partial charge is 0.0884 e. The minimum Gasteiger partial charge on any atom is -0.0884 e. The second kappa shape index (κ2) is 2.50. The Morgan fingerprint density at radius 3 is 1.58 bits per heavy atom. The molecule has 2 aliphatic carbocycles. The predicted octanol–water partition coefficient (Wildman–Crippen LogP) is 3.97. The Morgan fingerprint density at radius 2 is 1.42 bits per heavy atom. The van der Waals surface area contributed by atoms with Crippen LogP contribution in [0.5, 0.6) is 0 Å². The molecular formula is C10H16Br2. The lowest BCUT2D eigenvalue weighted by molar-refractivity contribution is 0.163. The number of hydrogen-bond donors (Lipinski definition) is 0. The van der Waals surface area contributed by atoms with Crippen LogP contribution in [0.4, 0.5) is 0 Å². The van der Waals surface area contributed by atoms with E-state index >= 15 is 0 Å². The monoisotopic (exact) mass is 294 g/mol. The number of halogens is 2. The van der Waals surface area contributed by atoms with Crippen molar-refractivity contribution in [1.82, 2.24) is 0 Å². The molecule has 0 N–H and O–H groups in total. The highest BCUT2D eigenvalue weighted by molar-refractivity contribution is 9.10. The molecule has 0 aromatic carbocycles. The maximum Gasteiger partial charge on any atom is 0.0218 e. The summed E-state index contributed by atoms with van der Waals surface area (Å²) in [5, 5.41) is 0. The molecule has 0 heterocycles. The Morgan fingerprint density at radius 1 is 1.00 bits per heavy atom. The summed E-state index contributed by atoms with van der Waals surface area (Å²) >= 11 is 7.67. The van der Waals surface area contributed by atoms with Gasteiger partial charge in [-0.05, 0) is 29.6 Å². The Balaban J connectivity index is 2.44. The number of hydrogen-bond acceptors (Lipinski definition) is 0. The maximum atomic E-state index is 3.84. The SMILES string of the molecule is CC1(C)C2C[C@@H](Br)C1(C)[C@@H](Br)C2. The zero-order valence-electron chi connectivity index (χ0n) is 7.90. The van der Waals surface area contributed by atoms with Gasteiger partial charge >= 0.3 is 0 Å². The molecule has 0 radical (unpaired) electrons. The molecule has 70 valence electrons. The standard InChI is InChI=1S/C10H16Br2/c1-9(2)6-4-7(11)10(9,3)8(12)5-6/h6-8H,4-5H2,1-3H3/t6?,7-,8+,10?. The highest BCUT2D eigenvalue weighted by atomic mass is 79.9. The van der Waals surface area contributed by atoms with Gasteiger partial charge in [0.05, 0.1) is 0 Å². The van der Waals surface area contributed by atoms with Gasteiger partial charge in [0.25, 0.3) is 0 Å². The van der Waals surface area contributed by atoms with Gasteiger partial charge < -0.3 is 0 Å². The van der Waals surface area contributed by atoms with Gasteiger partial charge in [-0.25, -0.2) is 0 Å². The van der Waals surface area contributed by atoms with Gasteiger partial charge in [0.15, 0.2) is 0 Å². The molecule has 2 saturated carbocycles. The quantitative estimate of drug-likeness (QED) is 0.593. The lowest BCUT2D eigenvalue weighted by Crippen LogP contribution is -2.39. The van der Waals surface area contributed by atoms with Crippen LogP contribution >= 0.6 is 31.9 Å². The molecule has 0 aromatic rings. The van der Waals surface area contributed by atoms with Gasteiger partial charge in [-0.2, -0.15) is 0 Å². The van der Waals surface area contributed by atoms with Crippen molar-refractivity contribution in [2.75, 3.05) is 0 Å². The van der Waals surface area contributed by atoms with E-state index in [0.717, 1.165) is 5.92 Å². The summed E-state index contributed by atoms with van der Waals surface area (Å²) in [6.45, 7) is 7.29. The van der Waals surface area contributed by atoms with E-state index in [0.29, 0.717) is 20.5 Å². The topological polar surface area (TPSA) is 0 Å². The van der Waals surface area contributed by atoms with Crippen molar-refractivity contribution >= 4 is 31.9 Å². The van der Waals surface area contributed by atoms with Gasteiger partial charge in [0.1, 0.15) is 0 Å². The molecule has 0 amide bonds. The van der Waals surface area contributed by atoms with Crippen molar-refractivity contribution in [2.24, 2.45) is 16.7 Å². The highest BCUT2D eigenvalue weighted by Crippen LogP contribution is 2.69. The van der Waals surface area contributed by atoms with Crippen LogP contribution in [0.1, 0.15) is 33.6 Å². The molecule has 0 saturated heterocycles. The maximum absolute atomic E-state index is 3.84. The lowest BCUT2D eigenvalue weighted by atomic mass is 9.71. The summed E-state index contributed by atoms with van der Waals surface area (Å²) in [7, 11) is 0. The lowest BCUT2D eigenvalue weighted by Gasteiger charge is -2.39. The van der Waals surface area contributed by atoms with E-state index in [-0.39, 0.29) is 0 Å². The molecule has 2 bridgehead atoms. The van der Waals surface area contributed by atoms with Crippen molar-refractivity contribution in [1.29, 1.82) is 0 Å². The van der Waals surface area contributed by atoms with Crippen LogP contribution in [0.15, 0.2) is 0 Å². The van der Waals surface area contributed by atoms with Crippen LogP contribution in [0.25, 0.3) is 0 Å². The smallest absolute Gasteiger partial charge is 0.0218 e. The zero-order valence-corrected chi connectivity index (χ0v) is 11.1. The minimum absolute atomic E-state index is 0.456. The zero-order chi connectivity index (χ0) is 9.15. The molecule has 4 atom stereocenters. The van der Waals surface area contributed by atoms with Crippen LogP contribution < -0.4 is 0 Å². The average Bonchev–Trinajstić information content (AvgIpc) is 2.20. The molecule has 2 rings (SSSR count). The van der Waals surface area contributed by atoms with E-state index in [1.807, 2.05) is 0 Å². The second-order valence-electron chi connectivity index (χ2n) is 5.11. The molecule has 2 fully saturated rings. The summed E-state index contributed by atoms with van der Waals surface area (Å²) in [4.78, 5) is 1.42. The normalized spacial score (nSPS) is 56.2. The molecule has 2 unspecified atom stereocenters. The van der Waals surface area contributed by atoms with Gasteiger partial charge in [0, 0.05) is 9.65 Å². The Bertz CT molecular complexity index is 198. The Labute approximate surface area is 91.7 Å². The molecule has 2 aliphatic rings. The van der Waals surface area contributed by atoms with Crippen LogP contribution in [-0.2, 0) is 0 Å². The van der Waals surface area contributed by atoms with Crippen LogP contribution in [0.3, 0.4) is 0 Å². The van der Waals surface area contributed by atoms with E-state index in [1.54, 1.807) is 0 Å². The van der Waals surface area contributed by atoms with Gasteiger partial charge in [-0.3, -0.25) is 0 Å². The number of fused-ring (bicyclic) bond motifs is 2. The van der Waals surface area contributed by atoms with E-state index in [4.69, 9.17) is 0 Å². The van der Waals surface area contributed by atoms with Gasteiger partial charge in [-0.15, -0.1) is 0 Å². The average molecular weight is 296 g/mol. The van der Waals surface area contributed by atoms with Crippen molar-refractivity contribution in [2.45, 2.75) is 43.3 Å². The first-order chi connectivity index (χ1) is 5.40. The third-order valence-corrected chi connectivity index (χ3v) is 7.34. The molecule has 0 aliphatic heterocycles. The molecule has 12 heavy (non-hydrogen) atoms. The summed E-state index contributed by atoms with van der Waals surface area (Å²) in [6, 6.07) is 0. The third kappa shape index (κ3) is 0.841. The Kier molecular flexibility index (Phi) is 1.98. The van der Waals surface area contributed by atoms with Crippen LogP contribution in [0, 0.1) is 16.7 Å². The van der Waals surface area contributed by atoms with E-state index in [1.165, 1.54) is 12.8 Å². The fourth-order valence-electron chi connectivity index (χ4n) is 3.12. The predicted molar refractivity (Wildman–Crippen MR) is 60.0 cm³/mol. The van der Waals surface area contributed by atoms with E-state index in [9.17, 15) is 0 Å². The van der Waals surface area contributed by atoms with Gasteiger partial charge in [0.2, 0.25) is 0 Å². The number of rotatable bonds is 0. The molecule has 0 nitrogen and oxygen atoms in total. The Hall–Kier alpha value is 0.960. The summed E-state index contributed by atoms with van der Waals surface area (Å²) in [5.74, 6) is 0.913. The second-order valence-corrected chi connectivity index (χ2v) is 7.32. The van der Waals surface area contributed by atoms with Crippen LogP contribution in [0.2, 0.25) is 0 Å². The number of alkyl halides is 2. The first-order valence-electron chi connectivity index (χ1n) is 4.69. The van der Waals surface area contributed by atoms with Crippen molar-refractivity contribution in [3.8, 4) is 0 Å². The fraction of sp³-hybridized carbons (Fsp3) is 1.00. The van der Waals surface area contributed by atoms with Crippen molar-refractivity contribution in [3.05, 3.63) is 0 Å². The minimum atomic E-state index is 0.456. The molecular weight excluding hydrogens is 280 g/mol. The molecule has 0 spiro atoms.